The molecule has 3 atom stereocenters. The maximum absolute atomic E-state index is 6.59. The molecule has 0 aromatic rings. The lowest BCUT2D eigenvalue weighted by Crippen LogP contribution is -2.53. The van der Waals surface area contributed by atoms with Crippen molar-refractivity contribution in [3.63, 3.8) is 0 Å². The zero-order valence-corrected chi connectivity index (χ0v) is 9.29. The van der Waals surface area contributed by atoms with Crippen LogP contribution in [0.15, 0.2) is 23.8 Å². The molecule has 0 aromatic heterocycles. The van der Waals surface area contributed by atoms with E-state index in [0.29, 0.717) is 11.8 Å². The van der Waals surface area contributed by atoms with Crippen molar-refractivity contribution >= 4 is 0 Å². The summed E-state index contributed by atoms with van der Waals surface area (Å²) in [7, 11) is 0. The Labute approximate surface area is 87.1 Å². The van der Waals surface area contributed by atoms with E-state index in [4.69, 9.17) is 5.73 Å². The zero-order chi connectivity index (χ0) is 10.2. The second kappa shape index (κ2) is 3.54. The van der Waals surface area contributed by atoms with Gasteiger partial charge in [-0.1, -0.05) is 38.5 Å². The van der Waals surface area contributed by atoms with Crippen molar-refractivity contribution in [1.29, 1.82) is 0 Å². The summed E-state index contributed by atoms with van der Waals surface area (Å²) in [5, 5.41) is 0. The minimum absolute atomic E-state index is 0.0127. The summed E-state index contributed by atoms with van der Waals surface area (Å²) >= 11 is 0. The Balaban J connectivity index is 2.39. The molecule has 0 radical (unpaired) electrons. The summed E-state index contributed by atoms with van der Waals surface area (Å²) < 4.78 is 0. The van der Waals surface area contributed by atoms with E-state index in [1.54, 1.807) is 0 Å². The summed E-state index contributed by atoms with van der Waals surface area (Å²) in [5.74, 6) is 1.28. The molecule has 2 aliphatic rings. The molecule has 78 valence electrons. The fraction of sp³-hybridized carbons (Fsp3) is 0.692. The Morgan fingerprint density at radius 1 is 1.57 bits per heavy atom. The van der Waals surface area contributed by atoms with Gasteiger partial charge in [-0.15, -0.1) is 0 Å². The number of allylic oxidation sites excluding steroid dienone is 2. The van der Waals surface area contributed by atoms with Crippen LogP contribution in [0.2, 0.25) is 0 Å². The van der Waals surface area contributed by atoms with Gasteiger partial charge in [0, 0.05) is 5.54 Å². The third kappa shape index (κ3) is 1.35. The standard InChI is InChI=1S/C13H21N/c1-3-12-10(2)7-8-11-6-4-5-9-13(11,12)14/h6-8,10,12H,3-5,9,14H2,1-2H3/t10-,12-,13+/m0/s1. The van der Waals surface area contributed by atoms with Crippen LogP contribution in [0.25, 0.3) is 0 Å². The second-order valence-corrected chi connectivity index (χ2v) is 4.83. The first-order valence-corrected chi connectivity index (χ1v) is 5.86. The van der Waals surface area contributed by atoms with Gasteiger partial charge >= 0.3 is 0 Å². The number of rotatable bonds is 1. The first-order valence-electron chi connectivity index (χ1n) is 5.86. The first kappa shape index (κ1) is 9.97. The van der Waals surface area contributed by atoms with Crippen molar-refractivity contribution < 1.29 is 0 Å². The van der Waals surface area contributed by atoms with Gasteiger partial charge in [0.05, 0.1) is 0 Å². The maximum atomic E-state index is 6.59. The SMILES string of the molecule is CC[C@H]1[C@@H](C)C=CC2=CCCC[C@@]21N. The van der Waals surface area contributed by atoms with Gasteiger partial charge in [0.15, 0.2) is 0 Å². The molecule has 0 heterocycles. The van der Waals surface area contributed by atoms with Crippen LogP contribution < -0.4 is 5.73 Å². The van der Waals surface area contributed by atoms with Crippen molar-refractivity contribution in [3.8, 4) is 0 Å². The Morgan fingerprint density at radius 3 is 3.07 bits per heavy atom. The van der Waals surface area contributed by atoms with E-state index >= 15 is 0 Å². The fourth-order valence-electron chi connectivity index (χ4n) is 3.20. The van der Waals surface area contributed by atoms with Gasteiger partial charge in [0.25, 0.3) is 0 Å². The molecule has 0 saturated heterocycles. The summed E-state index contributed by atoms with van der Waals surface area (Å²) in [5.41, 5.74) is 7.97. The minimum Gasteiger partial charge on any atom is -0.321 e. The van der Waals surface area contributed by atoms with Crippen LogP contribution >= 0.6 is 0 Å². The van der Waals surface area contributed by atoms with E-state index in [9.17, 15) is 0 Å². The lowest BCUT2D eigenvalue weighted by Gasteiger charge is -2.45. The molecule has 0 bridgehead atoms. The molecule has 0 fully saturated rings. The number of fused-ring (bicyclic) bond motifs is 1. The van der Waals surface area contributed by atoms with Crippen LogP contribution in [-0.4, -0.2) is 5.54 Å². The fourth-order valence-corrected chi connectivity index (χ4v) is 3.20. The van der Waals surface area contributed by atoms with Crippen LogP contribution in [0, 0.1) is 11.8 Å². The molecule has 0 aliphatic heterocycles. The molecular weight excluding hydrogens is 170 g/mol. The van der Waals surface area contributed by atoms with Crippen molar-refractivity contribution in [2.24, 2.45) is 17.6 Å². The number of nitrogens with two attached hydrogens (primary N) is 1. The predicted molar refractivity (Wildman–Crippen MR) is 60.9 cm³/mol. The van der Waals surface area contributed by atoms with Crippen molar-refractivity contribution in [1.82, 2.24) is 0 Å². The molecule has 0 unspecified atom stereocenters. The summed E-state index contributed by atoms with van der Waals surface area (Å²) in [6.07, 6.45) is 11.8. The normalized spacial score (nSPS) is 41.8. The molecule has 2 N–H and O–H groups in total. The average molecular weight is 191 g/mol. The molecule has 1 heteroatoms. The Kier molecular flexibility index (Phi) is 2.52. The molecule has 0 saturated carbocycles. The molecule has 0 amide bonds. The van der Waals surface area contributed by atoms with Gasteiger partial charge in [-0.3, -0.25) is 0 Å². The van der Waals surface area contributed by atoms with Crippen molar-refractivity contribution in [2.45, 2.75) is 45.1 Å². The monoisotopic (exact) mass is 191 g/mol. The van der Waals surface area contributed by atoms with Gasteiger partial charge in [0.2, 0.25) is 0 Å². The van der Waals surface area contributed by atoms with Gasteiger partial charge in [-0.2, -0.15) is 0 Å². The molecule has 14 heavy (non-hydrogen) atoms. The van der Waals surface area contributed by atoms with Gasteiger partial charge in [-0.05, 0) is 36.7 Å². The molecular formula is C13H21N. The highest BCUT2D eigenvalue weighted by atomic mass is 14.8. The third-order valence-corrected chi connectivity index (χ3v) is 4.01. The molecule has 2 rings (SSSR count). The van der Waals surface area contributed by atoms with Crippen LogP contribution in [0.4, 0.5) is 0 Å². The molecule has 2 aliphatic carbocycles. The molecule has 0 aromatic carbocycles. The molecule has 1 nitrogen and oxygen atoms in total. The summed E-state index contributed by atoms with van der Waals surface area (Å²) in [6.45, 7) is 4.56. The lowest BCUT2D eigenvalue weighted by atomic mass is 9.63. The Bertz CT molecular complexity index is 277. The Morgan fingerprint density at radius 2 is 2.36 bits per heavy atom. The molecule has 0 spiro atoms. The predicted octanol–water partition coefficient (Wildman–Crippen LogP) is 3.03. The average Bonchev–Trinajstić information content (AvgIpc) is 2.17. The van der Waals surface area contributed by atoms with E-state index in [-0.39, 0.29) is 5.54 Å². The van der Waals surface area contributed by atoms with Crippen LogP contribution in [0.1, 0.15) is 39.5 Å². The number of hydrogen-bond donors (Lipinski definition) is 1. The van der Waals surface area contributed by atoms with Crippen LogP contribution in [-0.2, 0) is 0 Å². The largest absolute Gasteiger partial charge is 0.321 e. The van der Waals surface area contributed by atoms with Crippen LogP contribution in [0.3, 0.4) is 0 Å². The minimum atomic E-state index is -0.0127. The third-order valence-electron chi connectivity index (χ3n) is 4.01. The van der Waals surface area contributed by atoms with Gasteiger partial charge < -0.3 is 5.73 Å². The van der Waals surface area contributed by atoms with E-state index < -0.39 is 0 Å². The van der Waals surface area contributed by atoms with E-state index in [1.165, 1.54) is 31.3 Å². The van der Waals surface area contributed by atoms with E-state index in [2.05, 4.69) is 32.1 Å². The summed E-state index contributed by atoms with van der Waals surface area (Å²) in [4.78, 5) is 0. The highest BCUT2D eigenvalue weighted by molar-refractivity contribution is 5.37. The quantitative estimate of drug-likeness (QED) is 0.677. The zero-order valence-electron chi connectivity index (χ0n) is 9.29. The first-order chi connectivity index (χ1) is 6.68. The van der Waals surface area contributed by atoms with Crippen molar-refractivity contribution in [3.05, 3.63) is 23.8 Å². The van der Waals surface area contributed by atoms with E-state index in [1.807, 2.05) is 0 Å². The highest BCUT2D eigenvalue weighted by Crippen LogP contribution is 2.42. The van der Waals surface area contributed by atoms with Gasteiger partial charge in [0.1, 0.15) is 0 Å². The highest BCUT2D eigenvalue weighted by Gasteiger charge is 2.41. The lowest BCUT2D eigenvalue weighted by molar-refractivity contribution is 0.222. The van der Waals surface area contributed by atoms with E-state index in [0.717, 1.165) is 0 Å². The van der Waals surface area contributed by atoms with Crippen molar-refractivity contribution in [2.75, 3.05) is 0 Å². The Hall–Kier alpha value is -0.560. The number of hydrogen-bond acceptors (Lipinski definition) is 1. The van der Waals surface area contributed by atoms with Crippen LogP contribution in [0.5, 0.6) is 0 Å². The smallest absolute Gasteiger partial charge is 0.0440 e. The second-order valence-electron chi connectivity index (χ2n) is 4.83. The maximum Gasteiger partial charge on any atom is 0.0440 e. The summed E-state index contributed by atoms with van der Waals surface area (Å²) in [6, 6.07) is 0. The topological polar surface area (TPSA) is 26.0 Å². The van der Waals surface area contributed by atoms with Gasteiger partial charge in [-0.25, -0.2) is 0 Å².